The molecule has 1 atom stereocenters. The highest BCUT2D eigenvalue weighted by Gasteiger charge is 2.16. The van der Waals surface area contributed by atoms with Crippen LogP contribution < -0.4 is 10.6 Å². The van der Waals surface area contributed by atoms with Gasteiger partial charge in [0.2, 0.25) is 5.28 Å². The van der Waals surface area contributed by atoms with E-state index in [-0.39, 0.29) is 23.8 Å². The summed E-state index contributed by atoms with van der Waals surface area (Å²) < 4.78 is 0.674. The number of amides is 1. The maximum atomic E-state index is 10.5. The average molecular weight is 338 g/mol. The van der Waals surface area contributed by atoms with Crippen LogP contribution in [0.3, 0.4) is 0 Å². The van der Waals surface area contributed by atoms with Gasteiger partial charge in [0.05, 0.1) is 4.47 Å². The summed E-state index contributed by atoms with van der Waals surface area (Å²) in [4.78, 5) is 18.4. The molecule has 6 nitrogen and oxygen atoms in total. The Morgan fingerprint density at radius 2 is 2.28 bits per heavy atom. The third-order valence-corrected chi connectivity index (χ3v) is 3.08. The van der Waals surface area contributed by atoms with Crippen LogP contribution in [0.4, 0.5) is 10.6 Å². The van der Waals surface area contributed by atoms with Crippen LogP contribution in [0, 0.1) is 5.92 Å². The molecule has 0 saturated heterocycles. The van der Waals surface area contributed by atoms with Gasteiger partial charge in [0.15, 0.2) is 0 Å². The zero-order chi connectivity index (χ0) is 13.7. The van der Waals surface area contributed by atoms with Crippen LogP contribution in [0.2, 0.25) is 5.28 Å². The van der Waals surface area contributed by atoms with E-state index in [0.29, 0.717) is 10.3 Å². The van der Waals surface area contributed by atoms with Crippen molar-refractivity contribution in [3.8, 4) is 0 Å². The lowest BCUT2D eigenvalue weighted by Crippen LogP contribution is -2.39. The summed E-state index contributed by atoms with van der Waals surface area (Å²) in [6, 6.07) is -0.0941. The molecule has 1 aromatic rings. The fourth-order valence-electron chi connectivity index (χ4n) is 1.27. The topological polar surface area (TPSA) is 87.1 Å². The molecule has 1 rings (SSSR count). The number of nitrogens with zero attached hydrogens (tertiary/aromatic N) is 2. The van der Waals surface area contributed by atoms with Gasteiger partial charge in [-0.25, -0.2) is 9.78 Å². The molecule has 0 aromatic carbocycles. The molecule has 8 heteroatoms. The van der Waals surface area contributed by atoms with Crippen molar-refractivity contribution in [2.24, 2.45) is 5.92 Å². The molecule has 1 amide bonds. The standard InChI is InChI=1S/C10H14BrClN4O2/c1-5(2)7(4-14-10(17)18)15-8-6(11)3-13-9(12)16-8/h3,5,7,14H,4H2,1-2H3,(H,17,18)(H,13,15,16). The van der Waals surface area contributed by atoms with Crippen molar-refractivity contribution < 1.29 is 9.90 Å². The normalized spacial score (nSPS) is 12.3. The van der Waals surface area contributed by atoms with Gasteiger partial charge in [0, 0.05) is 18.8 Å². The number of carboxylic acid groups (broad SMARTS) is 1. The molecule has 18 heavy (non-hydrogen) atoms. The van der Waals surface area contributed by atoms with E-state index in [1.165, 1.54) is 0 Å². The summed E-state index contributed by atoms with van der Waals surface area (Å²) >= 11 is 9.02. The quantitative estimate of drug-likeness (QED) is 0.719. The van der Waals surface area contributed by atoms with E-state index in [1.807, 2.05) is 13.8 Å². The van der Waals surface area contributed by atoms with Crippen LogP contribution in [0.5, 0.6) is 0 Å². The monoisotopic (exact) mass is 336 g/mol. The van der Waals surface area contributed by atoms with Crippen molar-refractivity contribution in [2.75, 3.05) is 11.9 Å². The Morgan fingerprint density at radius 1 is 1.61 bits per heavy atom. The van der Waals surface area contributed by atoms with Crippen LogP contribution in [0.1, 0.15) is 13.8 Å². The van der Waals surface area contributed by atoms with Gasteiger partial charge < -0.3 is 15.7 Å². The van der Waals surface area contributed by atoms with Crippen LogP contribution in [0.15, 0.2) is 10.7 Å². The maximum Gasteiger partial charge on any atom is 0.404 e. The van der Waals surface area contributed by atoms with Crippen molar-refractivity contribution in [2.45, 2.75) is 19.9 Å². The minimum absolute atomic E-state index is 0.0941. The van der Waals surface area contributed by atoms with Gasteiger partial charge in [0.25, 0.3) is 0 Å². The molecule has 100 valence electrons. The first-order valence-electron chi connectivity index (χ1n) is 5.31. The first-order valence-corrected chi connectivity index (χ1v) is 6.48. The van der Waals surface area contributed by atoms with E-state index in [2.05, 4.69) is 36.5 Å². The number of hydrogen-bond donors (Lipinski definition) is 3. The van der Waals surface area contributed by atoms with Crippen molar-refractivity contribution >= 4 is 39.4 Å². The van der Waals surface area contributed by atoms with Gasteiger partial charge in [-0.3, -0.25) is 0 Å². The predicted octanol–water partition coefficient (Wildman–Crippen LogP) is 2.60. The maximum absolute atomic E-state index is 10.5. The molecule has 1 aromatic heterocycles. The van der Waals surface area contributed by atoms with Gasteiger partial charge in [-0.1, -0.05) is 13.8 Å². The molecule has 0 saturated carbocycles. The second kappa shape index (κ2) is 6.75. The number of rotatable bonds is 5. The Bertz CT molecular complexity index is 430. The second-order valence-corrected chi connectivity index (χ2v) is 5.21. The molecule has 1 unspecified atom stereocenters. The van der Waals surface area contributed by atoms with Crippen LogP contribution in [-0.4, -0.2) is 33.8 Å². The Kier molecular flexibility index (Phi) is 5.61. The largest absolute Gasteiger partial charge is 0.465 e. The number of carbonyl (C=O) groups is 1. The summed E-state index contributed by atoms with van der Waals surface area (Å²) in [5, 5.41) is 14.2. The van der Waals surface area contributed by atoms with E-state index in [1.54, 1.807) is 6.20 Å². The molecular formula is C10H14BrClN4O2. The molecule has 0 spiro atoms. The molecule has 0 radical (unpaired) electrons. The number of anilines is 1. The fourth-order valence-corrected chi connectivity index (χ4v) is 1.71. The van der Waals surface area contributed by atoms with Gasteiger partial charge in [-0.15, -0.1) is 0 Å². The molecule has 0 aliphatic heterocycles. The van der Waals surface area contributed by atoms with E-state index >= 15 is 0 Å². The minimum Gasteiger partial charge on any atom is -0.465 e. The number of nitrogens with one attached hydrogen (secondary N) is 2. The van der Waals surface area contributed by atoms with Gasteiger partial charge in [0.1, 0.15) is 5.82 Å². The smallest absolute Gasteiger partial charge is 0.404 e. The lowest BCUT2D eigenvalue weighted by molar-refractivity contribution is 0.193. The zero-order valence-corrected chi connectivity index (χ0v) is 12.3. The summed E-state index contributed by atoms with van der Waals surface area (Å²) in [5.74, 6) is 0.762. The summed E-state index contributed by atoms with van der Waals surface area (Å²) in [6.45, 7) is 4.25. The van der Waals surface area contributed by atoms with Crippen LogP contribution >= 0.6 is 27.5 Å². The molecule has 3 N–H and O–H groups in total. The first kappa shape index (κ1) is 15.0. The Balaban J connectivity index is 2.76. The van der Waals surface area contributed by atoms with Gasteiger partial charge in [-0.2, -0.15) is 4.98 Å². The van der Waals surface area contributed by atoms with E-state index in [9.17, 15) is 4.79 Å². The third-order valence-electron chi connectivity index (χ3n) is 2.31. The van der Waals surface area contributed by atoms with Crippen molar-refractivity contribution in [1.82, 2.24) is 15.3 Å². The highest BCUT2D eigenvalue weighted by molar-refractivity contribution is 9.10. The lowest BCUT2D eigenvalue weighted by Gasteiger charge is -2.23. The van der Waals surface area contributed by atoms with Crippen molar-refractivity contribution in [3.63, 3.8) is 0 Å². The first-order chi connectivity index (χ1) is 8.40. The van der Waals surface area contributed by atoms with Crippen LogP contribution in [-0.2, 0) is 0 Å². The molecule has 0 fully saturated rings. The van der Waals surface area contributed by atoms with Crippen LogP contribution in [0.25, 0.3) is 0 Å². The third kappa shape index (κ3) is 4.66. The molecule has 0 bridgehead atoms. The zero-order valence-electron chi connectivity index (χ0n) is 9.94. The van der Waals surface area contributed by atoms with Gasteiger partial charge in [-0.05, 0) is 33.4 Å². The fraction of sp³-hybridized carbons (Fsp3) is 0.500. The Labute approximate surface area is 118 Å². The highest BCUT2D eigenvalue weighted by atomic mass is 79.9. The summed E-state index contributed by atoms with van der Waals surface area (Å²) in [5.41, 5.74) is 0. The Hall–Kier alpha value is -1.08. The molecular weight excluding hydrogens is 323 g/mol. The van der Waals surface area contributed by atoms with E-state index in [0.717, 1.165) is 0 Å². The summed E-state index contributed by atoms with van der Waals surface area (Å²) in [6.07, 6.45) is 0.488. The Morgan fingerprint density at radius 3 is 2.83 bits per heavy atom. The number of hydrogen-bond acceptors (Lipinski definition) is 4. The predicted molar refractivity (Wildman–Crippen MR) is 73.0 cm³/mol. The summed E-state index contributed by atoms with van der Waals surface area (Å²) in [7, 11) is 0. The minimum atomic E-state index is -1.05. The molecule has 0 aliphatic rings. The highest BCUT2D eigenvalue weighted by Crippen LogP contribution is 2.22. The molecule has 0 aliphatic carbocycles. The lowest BCUT2D eigenvalue weighted by atomic mass is 10.0. The second-order valence-electron chi connectivity index (χ2n) is 4.02. The number of halogens is 2. The number of aromatic nitrogens is 2. The van der Waals surface area contributed by atoms with E-state index < -0.39 is 6.09 Å². The molecule has 1 heterocycles. The SMILES string of the molecule is CC(C)C(CNC(=O)O)Nc1nc(Cl)ncc1Br. The van der Waals surface area contributed by atoms with E-state index in [4.69, 9.17) is 16.7 Å². The van der Waals surface area contributed by atoms with Gasteiger partial charge >= 0.3 is 6.09 Å². The van der Waals surface area contributed by atoms with Crippen molar-refractivity contribution in [3.05, 3.63) is 16.0 Å². The average Bonchev–Trinajstić information content (AvgIpc) is 2.28. The van der Waals surface area contributed by atoms with Crippen molar-refractivity contribution in [1.29, 1.82) is 0 Å².